The highest BCUT2D eigenvalue weighted by molar-refractivity contribution is 6.28. The first-order valence-corrected chi connectivity index (χ1v) is 9.95. The molecule has 0 fully saturated rings. The number of carbonyl (C=O) groups is 1. The number of benzene rings is 2. The molecule has 0 saturated heterocycles. The smallest absolute Gasteiger partial charge is 0.283 e. The molecule has 0 aliphatic carbocycles. The Labute approximate surface area is 168 Å². The largest absolute Gasteiger partial charge is 0.341 e. The molecule has 28 heavy (non-hydrogen) atoms. The Hall–Kier alpha value is -2.88. The zero-order valence-corrected chi connectivity index (χ0v) is 17.2. The van der Waals surface area contributed by atoms with Crippen molar-refractivity contribution in [3.8, 4) is 0 Å². The van der Waals surface area contributed by atoms with E-state index in [1.54, 1.807) is 4.90 Å². The lowest BCUT2D eigenvalue weighted by Crippen LogP contribution is -2.46. The fourth-order valence-electron chi connectivity index (χ4n) is 3.35. The van der Waals surface area contributed by atoms with Gasteiger partial charge in [-0.25, -0.2) is 9.89 Å². The molecule has 0 spiro atoms. The maximum absolute atomic E-state index is 13.3. The first-order chi connectivity index (χ1) is 13.5. The van der Waals surface area contributed by atoms with E-state index in [0.717, 1.165) is 30.3 Å². The van der Waals surface area contributed by atoms with Gasteiger partial charge in [-0.2, -0.15) is 0 Å². The van der Waals surface area contributed by atoms with Gasteiger partial charge in [0.2, 0.25) is 5.96 Å². The summed E-state index contributed by atoms with van der Waals surface area (Å²) in [7, 11) is 0. The number of para-hydroxylation sites is 1. The number of anilines is 1. The average Bonchev–Trinajstić information content (AvgIpc) is 2.98. The highest BCUT2D eigenvalue weighted by Crippen LogP contribution is 2.27. The zero-order chi connectivity index (χ0) is 20.1. The summed E-state index contributed by atoms with van der Waals surface area (Å²) in [6.45, 7) is 10.5. The van der Waals surface area contributed by atoms with Crippen LogP contribution in [-0.4, -0.2) is 29.9 Å². The predicted molar refractivity (Wildman–Crippen MR) is 117 cm³/mol. The zero-order valence-electron chi connectivity index (χ0n) is 17.2. The molecule has 0 atom stereocenters. The van der Waals surface area contributed by atoms with E-state index in [1.165, 1.54) is 0 Å². The van der Waals surface area contributed by atoms with E-state index < -0.39 is 0 Å². The summed E-state index contributed by atoms with van der Waals surface area (Å²) in [6.07, 6.45) is 1.87. The van der Waals surface area contributed by atoms with Crippen molar-refractivity contribution in [1.82, 2.24) is 4.90 Å². The summed E-state index contributed by atoms with van der Waals surface area (Å²) in [6, 6.07) is 19.7. The normalized spacial score (nSPS) is 15.6. The minimum absolute atomic E-state index is 0.0810. The third kappa shape index (κ3) is 4.69. The fourth-order valence-corrected chi connectivity index (χ4v) is 3.35. The summed E-state index contributed by atoms with van der Waals surface area (Å²) in [5.41, 5.74) is 2.30. The first-order valence-electron chi connectivity index (χ1n) is 9.95. The van der Waals surface area contributed by atoms with Gasteiger partial charge in [0.05, 0.1) is 5.69 Å². The second-order valence-corrected chi connectivity index (χ2v) is 8.02. The van der Waals surface area contributed by atoms with Crippen LogP contribution < -0.4 is 4.90 Å². The van der Waals surface area contributed by atoms with Crippen molar-refractivity contribution >= 4 is 23.6 Å². The van der Waals surface area contributed by atoms with Gasteiger partial charge in [-0.1, -0.05) is 76.2 Å². The Kier molecular flexibility index (Phi) is 6.30. The number of amides is 1. The molecule has 0 N–H and O–H groups in total. The van der Waals surface area contributed by atoms with Crippen LogP contribution in [0, 0.1) is 11.8 Å². The van der Waals surface area contributed by atoms with Gasteiger partial charge in [-0.15, -0.1) is 0 Å². The van der Waals surface area contributed by atoms with Gasteiger partial charge < -0.3 is 4.90 Å². The number of nitrogens with zero attached hydrogens (tertiary/aromatic N) is 3. The standard InChI is InChI=1S/C24H29N3O/c1-18(2)16-26(17-19(3)4)24-25-22(15-20-11-7-5-8-12-20)23(28)27(24)21-13-9-6-10-14-21/h5-15,18-19H,16-17H2,1-4H3/b22-15+. The molecule has 1 amide bonds. The Morgan fingerprint density at radius 3 is 1.96 bits per heavy atom. The van der Waals surface area contributed by atoms with Crippen LogP contribution in [0.25, 0.3) is 6.08 Å². The fraction of sp³-hybridized carbons (Fsp3) is 0.333. The van der Waals surface area contributed by atoms with Crippen molar-refractivity contribution in [1.29, 1.82) is 0 Å². The molecule has 0 aromatic heterocycles. The lowest BCUT2D eigenvalue weighted by molar-refractivity contribution is -0.113. The highest BCUT2D eigenvalue weighted by Gasteiger charge is 2.35. The second-order valence-electron chi connectivity index (χ2n) is 8.02. The van der Waals surface area contributed by atoms with E-state index in [4.69, 9.17) is 4.99 Å². The van der Waals surface area contributed by atoms with Gasteiger partial charge in [-0.05, 0) is 35.6 Å². The number of aliphatic imine (C=N–C) groups is 1. The van der Waals surface area contributed by atoms with Gasteiger partial charge in [0.15, 0.2) is 0 Å². The summed E-state index contributed by atoms with van der Waals surface area (Å²) in [4.78, 5) is 22.1. The topological polar surface area (TPSA) is 35.9 Å². The number of hydrogen-bond donors (Lipinski definition) is 0. The van der Waals surface area contributed by atoms with Gasteiger partial charge >= 0.3 is 0 Å². The van der Waals surface area contributed by atoms with Crippen molar-refractivity contribution < 1.29 is 4.79 Å². The van der Waals surface area contributed by atoms with Crippen LogP contribution in [0.2, 0.25) is 0 Å². The molecule has 146 valence electrons. The van der Waals surface area contributed by atoms with Gasteiger partial charge in [0, 0.05) is 13.1 Å². The van der Waals surface area contributed by atoms with Crippen molar-refractivity contribution in [2.45, 2.75) is 27.7 Å². The molecule has 3 rings (SSSR count). The molecule has 0 saturated carbocycles. The number of carbonyl (C=O) groups excluding carboxylic acids is 1. The van der Waals surface area contributed by atoms with Crippen LogP contribution in [0.3, 0.4) is 0 Å². The van der Waals surface area contributed by atoms with Crippen LogP contribution in [0.4, 0.5) is 5.69 Å². The van der Waals surface area contributed by atoms with E-state index in [9.17, 15) is 4.79 Å². The molecule has 1 heterocycles. The van der Waals surface area contributed by atoms with Gasteiger partial charge in [0.1, 0.15) is 5.70 Å². The van der Waals surface area contributed by atoms with E-state index in [1.807, 2.05) is 66.7 Å². The van der Waals surface area contributed by atoms with Crippen molar-refractivity contribution in [3.05, 3.63) is 71.9 Å². The van der Waals surface area contributed by atoms with E-state index in [2.05, 4.69) is 32.6 Å². The molecular weight excluding hydrogens is 346 g/mol. The molecule has 0 bridgehead atoms. The molecule has 1 aliphatic rings. The van der Waals surface area contributed by atoms with Crippen molar-refractivity contribution in [2.24, 2.45) is 16.8 Å². The summed E-state index contributed by atoms with van der Waals surface area (Å²) in [5, 5.41) is 0. The Morgan fingerprint density at radius 1 is 0.893 bits per heavy atom. The molecule has 2 aromatic carbocycles. The lowest BCUT2D eigenvalue weighted by atomic mass is 10.1. The predicted octanol–water partition coefficient (Wildman–Crippen LogP) is 5.04. The van der Waals surface area contributed by atoms with E-state index in [-0.39, 0.29) is 5.91 Å². The van der Waals surface area contributed by atoms with Crippen molar-refractivity contribution in [2.75, 3.05) is 18.0 Å². The van der Waals surface area contributed by atoms with Crippen LogP contribution in [0.5, 0.6) is 0 Å². The summed E-state index contributed by atoms with van der Waals surface area (Å²) in [5.74, 6) is 1.58. The molecular formula is C24H29N3O. The SMILES string of the molecule is CC(C)CN(CC(C)C)C1=N/C(=C/c2ccccc2)C(=O)N1c1ccccc1. The van der Waals surface area contributed by atoms with Crippen molar-refractivity contribution in [3.63, 3.8) is 0 Å². The number of hydrogen-bond acceptors (Lipinski definition) is 3. The van der Waals surface area contributed by atoms with Crippen LogP contribution in [0.1, 0.15) is 33.3 Å². The number of guanidine groups is 1. The van der Waals surface area contributed by atoms with Crippen LogP contribution in [0.15, 0.2) is 71.4 Å². The Bertz CT molecular complexity index is 844. The molecule has 4 nitrogen and oxygen atoms in total. The van der Waals surface area contributed by atoms with Gasteiger partial charge in [0.25, 0.3) is 5.91 Å². The molecule has 0 unspecified atom stereocenters. The highest BCUT2D eigenvalue weighted by atomic mass is 16.2. The van der Waals surface area contributed by atoms with E-state index in [0.29, 0.717) is 17.5 Å². The Balaban J connectivity index is 2.05. The van der Waals surface area contributed by atoms with E-state index >= 15 is 0 Å². The first kappa shape index (κ1) is 19.9. The Morgan fingerprint density at radius 2 is 1.43 bits per heavy atom. The number of rotatable bonds is 6. The summed E-state index contributed by atoms with van der Waals surface area (Å²) < 4.78 is 0. The second kappa shape index (κ2) is 8.87. The minimum atomic E-state index is -0.0810. The lowest BCUT2D eigenvalue weighted by Gasteiger charge is -2.32. The third-order valence-electron chi connectivity index (χ3n) is 4.41. The van der Waals surface area contributed by atoms with Crippen LogP contribution in [-0.2, 0) is 4.79 Å². The van der Waals surface area contributed by atoms with Crippen LogP contribution >= 0.6 is 0 Å². The molecule has 1 aliphatic heterocycles. The maximum atomic E-state index is 13.3. The van der Waals surface area contributed by atoms with Gasteiger partial charge in [-0.3, -0.25) is 4.79 Å². The monoisotopic (exact) mass is 375 g/mol. The summed E-state index contributed by atoms with van der Waals surface area (Å²) >= 11 is 0. The quantitative estimate of drug-likeness (QED) is 0.663. The molecule has 4 heteroatoms. The molecule has 0 radical (unpaired) electrons. The third-order valence-corrected chi connectivity index (χ3v) is 4.41. The average molecular weight is 376 g/mol. The maximum Gasteiger partial charge on any atom is 0.283 e. The molecule has 2 aromatic rings. The minimum Gasteiger partial charge on any atom is -0.341 e.